The summed E-state index contributed by atoms with van der Waals surface area (Å²) in [5.41, 5.74) is 13.0. The van der Waals surface area contributed by atoms with Gasteiger partial charge in [0.25, 0.3) is 0 Å². The molecule has 0 aromatic carbocycles. The minimum absolute atomic E-state index is 0.0327. The molecule has 0 saturated carbocycles. The van der Waals surface area contributed by atoms with Crippen LogP contribution < -0.4 is 11.5 Å². The lowest BCUT2D eigenvalue weighted by Crippen LogP contribution is -2.33. The molecule has 20 heavy (non-hydrogen) atoms. The van der Waals surface area contributed by atoms with Crippen LogP contribution in [0.2, 0.25) is 0 Å². The van der Waals surface area contributed by atoms with Crippen molar-refractivity contribution in [2.45, 2.75) is 32.2 Å². The van der Waals surface area contributed by atoms with Crippen LogP contribution in [0.25, 0.3) is 0 Å². The monoisotopic (exact) mass is 274 g/mol. The van der Waals surface area contributed by atoms with Gasteiger partial charge in [0.05, 0.1) is 6.42 Å². The molecule has 4 heteroatoms. The molecule has 108 valence electrons. The van der Waals surface area contributed by atoms with Gasteiger partial charge in [-0.15, -0.1) is 0 Å². The maximum Gasteiger partial charge on any atom is 0.304 e. The summed E-state index contributed by atoms with van der Waals surface area (Å²) < 4.78 is 0. The molecule has 0 bridgehead atoms. The third-order valence-electron chi connectivity index (χ3n) is 4.26. The van der Waals surface area contributed by atoms with Gasteiger partial charge >= 0.3 is 5.97 Å². The highest BCUT2D eigenvalue weighted by Gasteiger charge is 2.38. The number of nitrogens with two attached hydrogens (primary N) is 2. The number of aliphatic carboxylic acids is 1. The Labute approximate surface area is 119 Å². The molecule has 0 amide bonds. The minimum atomic E-state index is -0.785. The van der Waals surface area contributed by atoms with Crippen molar-refractivity contribution in [3.8, 4) is 0 Å². The van der Waals surface area contributed by atoms with E-state index in [1.165, 1.54) is 0 Å². The fourth-order valence-electron chi connectivity index (χ4n) is 2.93. The molecule has 0 heterocycles. The Balaban J connectivity index is 2.29. The molecule has 3 atom stereocenters. The molecule has 4 nitrogen and oxygen atoms in total. The molecule has 2 aliphatic carbocycles. The second-order valence-corrected chi connectivity index (χ2v) is 5.81. The summed E-state index contributed by atoms with van der Waals surface area (Å²) in [6, 6.07) is 0.0327. The lowest BCUT2D eigenvalue weighted by atomic mass is 9.65. The molecule has 0 fully saturated rings. The fraction of sp³-hybridized carbons (Fsp3) is 0.438. The van der Waals surface area contributed by atoms with E-state index in [-0.39, 0.29) is 18.4 Å². The Bertz CT molecular complexity index is 517. The highest BCUT2D eigenvalue weighted by atomic mass is 16.4. The average molecular weight is 274 g/mol. The van der Waals surface area contributed by atoms with Crippen LogP contribution in [0.15, 0.2) is 47.7 Å². The number of hydrogen-bond donors (Lipinski definition) is 3. The summed E-state index contributed by atoms with van der Waals surface area (Å²) in [6.07, 6.45) is 13.5. The predicted molar refractivity (Wildman–Crippen MR) is 79.7 cm³/mol. The van der Waals surface area contributed by atoms with Crippen molar-refractivity contribution in [2.24, 2.45) is 22.8 Å². The topological polar surface area (TPSA) is 89.3 Å². The molecule has 3 unspecified atom stereocenters. The van der Waals surface area contributed by atoms with E-state index < -0.39 is 11.4 Å². The lowest BCUT2D eigenvalue weighted by molar-refractivity contribution is -0.139. The second-order valence-electron chi connectivity index (χ2n) is 5.81. The van der Waals surface area contributed by atoms with Crippen LogP contribution in [0.3, 0.4) is 0 Å². The van der Waals surface area contributed by atoms with E-state index in [0.29, 0.717) is 0 Å². The van der Waals surface area contributed by atoms with Gasteiger partial charge in [-0.1, -0.05) is 37.3 Å². The van der Waals surface area contributed by atoms with Gasteiger partial charge in [-0.3, -0.25) is 4.79 Å². The Morgan fingerprint density at radius 3 is 2.60 bits per heavy atom. The zero-order valence-corrected chi connectivity index (χ0v) is 11.8. The third kappa shape index (κ3) is 3.02. The SMILES string of the molecule is CC(CC(=O)O)(C1=CCC(N)C=C1)C1C=CC(N)=CC1. The largest absolute Gasteiger partial charge is 0.481 e. The van der Waals surface area contributed by atoms with E-state index in [4.69, 9.17) is 11.5 Å². The van der Waals surface area contributed by atoms with E-state index >= 15 is 0 Å². The van der Waals surface area contributed by atoms with Crippen molar-refractivity contribution in [3.05, 3.63) is 47.7 Å². The smallest absolute Gasteiger partial charge is 0.304 e. The summed E-state index contributed by atoms with van der Waals surface area (Å²) in [5, 5.41) is 9.27. The highest BCUT2D eigenvalue weighted by molar-refractivity contribution is 5.69. The van der Waals surface area contributed by atoms with Gasteiger partial charge in [0, 0.05) is 17.2 Å². The van der Waals surface area contributed by atoms with Gasteiger partial charge in [-0.2, -0.15) is 0 Å². The van der Waals surface area contributed by atoms with Crippen LogP contribution in [0, 0.1) is 11.3 Å². The Hall–Kier alpha value is -1.81. The number of carbonyl (C=O) groups is 1. The molecule has 5 N–H and O–H groups in total. The van der Waals surface area contributed by atoms with Crippen molar-refractivity contribution >= 4 is 5.97 Å². The van der Waals surface area contributed by atoms with E-state index in [9.17, 15) is 9.90 Å². The normalized spacial score (nSPS) is 28.5. The molecule has 0 aromatic rings. The molecule has 0 radical (unpaired) electrons. The number of carboxylic acid groups (broad SMARTS) is 1. The highest BCUT2D eigenvalue weighted by Crippen LogP contribution is 2.44. The van der Waals surface area contributed by atoms with Crippen LogP contribution >= 0.6 is 0 Å². The minimum Gasteiger partial charge on any atom is -0.481 e. The second kappa shape index (κ2) is 5.67. The number of hydrogen-bond acceptors (Lipinski definition) is 3. The zero-order valence-electron chi connectivity index (χ0n) is 11.8. The summed E-state index contributed by atoms with van der Waals surface area (Å²) in [7, 11) is 0. The number of rotatable bonds is 4. The van der Waals surface area contributed by atoms with Crippen molar-refractivity contribution < 1.29 is 9.90 Å². The Morgan fingerprint density at radius 2 is 2.10 bits per heavy atom. The van der Waals surface area contributed by atoms with Crippen LogP contribution in [-0.4, -0.2) is 17.1 Å². The van der Waals surface area contributed by atoms with Crippen molar-refractivity contribution in [3.63, 3.8) is 0 Å². The first-order chi connectivity index (χ1) is 9.41. The van der Waals surface area contributed by atoms with Crippen molar-refractivity contribution in [1.82, 2.24) is 0 Å². The van der Waals surface area contributed by atoms with Crippen LogP contribution in [0.1, 0.15) is 26.2 Å². The first-order valence-electron chi connectivity index (χ1n) is 6.92. The molecule has 0 aromatic heterocycles. The van der Waals surface area contributed by atoms with Crippen molar-refractivity contribution in [1.29, 1.82) is 0 Å². The first-order valence-corrected chi connectivity index (χ1v) is 6.92. The van der Waals surface area contributed by atoms with Crippen LogP contribution in [0.5, 0.6) is 0 Å². The standard InChI is InChI=1S/C16H22N2O2/c1-16(10-15(19)20,11-2-6-13(17)7-3-11)12-4-8-14(18)9-5-12/h2-4,6,8-9,12-13H,5,7,10,17-18H2,1H3,(H,19,20). The van der Waals surface area contributed by atoms with E-state index in [0.717, 1.165) is 24.1 Å². The van der Waals surface area contributed by atoms with Gasteiger partial charge in [0.1, 0.15) is 0 Å². The van der Waals surface area contributed by atoms with E-state index in [1.54, 1.807) is 0 Å². The van der Waals surface area contributed by atoms with Gasteiger partial charge in [0.15, 0.2) is 0 Å². The quantitative estimate of drug-likeness (QED) is 0.732. The molecular weight excluding hydrogens is 252 g/mol. The van der Waals surface area contributed by atoms with Gasteiger partial charge in [-0.25, -0.2) is 0 Å². The Morgan fingerprint density at radius 1 is 1.35 bits per heavy atom. The summed E-state index contributed by atoms with van der Waals surface area (Å²) >= 11 is 0. The van der Waals surface area contributed by atoms with Crippen LogP contribution in [0.4, 0.5) is 0 Å². The average Bonchev–Trinajstić information content (AvgIpc) is 2.39. The molecule has 0 saturated heterocycles. The lowest BCUT2D eigenvalue weighted by Gasteiger charge is -2.38. The molecule has 2 aliphatic rings. The van der Waals surface area contributed by atoms with E-state index in [2.05, 4.69) is 6.08 Å². The number of carboxylic acids is 1. The van der Waals surface area contributed by atoms with Crippen molar-refractivity contribution in [2.75, 3.05) is 0 Å². The van der Waals surface area contributed by atoms with Gasteiger partial charge in [-0.05, 0) is 30.4 Å². The molecule has 0 aliphatic heterocycles. The third-order valence-corrected chi connectivity index (χ3v) is 4.26. The summed E-state index contributed by atoms with van der Waals surface area (Å²) in [5.74, 6) is -0.649. The van der Waals surface area contributed by atoms with Crippen LogP contribution in [-0.2, 0) is 4.79 Å². The summed E-state index contributed by atoms with van der Waals surface area (Å²) in [6.45, 7) is 2.01. The Kier molecular flexibility index (Phi) is 4.14. The van der Waals surface area contributed by atoms with Gasteiger partial charge in [0.2, 0.25) is 0 Å². The molecule has 0 spiro atoms. The van der Waals surface area contributed by atoms with Gasteiger partial charge < -0.3 is 16.6 Å². The first kappa shape index (κ1) is 14.6. The maximum atomic E-state index is 11.3. The zero-order chi connectivity index (χ0) is 14.8. The predicted octanol–water partition coefficient (Wildman–Crippen LogP) is 2.10. The summed E-state index contributed by atoms with van der Waals surface area (Å²) in [4.78, 5) is 11.3. The molecule has 2 rings (SSSR count). The van der Waals surface area contributed by atoms with E-state index in [1.807, 2.05) is 37.3 Å². The number of allylic oxidation sites excluding steroid dienone is 5. The fourth-order valence-corrected chi connectivity index (χ4v) is 2.93. The maximum absolute atomic E-state index is 11.3. The molecular formula is C16H22N2O2.